The standard InChI is InChI=1S/C16H15ClO3/c1-19-14-6-5-11(9-13(14)17)15(18)12-4-2-3-10-7-8-20-16(10)12/h2-6,9,15,18H,7-8H2,1H3. The highest BCUT2D eigenvalue weighted by atomic mass is 35.5. The van der Waals surface area contributed by atoms with Gasteiger partial charge in [0, 0.05) is 12.0 Å². The first-order chi connectivity index (χ1) is 9.70. The molecule has 4 heteroatoms. The minimum atomic E-state index is -0.758. The molecule has 1 aliphatic heterocycles. The average molecular weight is 291 g/mol. The first-order valence-corrected chi connectivity index (χ1v) is 6.84. The zero-order valence-corrected chi connectivity index (χ0v) is 11.9. The van der Waals surface area contributed by atoms with Gasteiger partial charge in [0.15, 0.2) is 0 Å². The number of rotatable bonds is 3. The maximum Gasteiger partial charge on any atom is 0.137 e. The SMILES string of the molecule is COc1ccc(C(O)c2cccc3c2OCC3)cc1Cl. The summed E-state index contributed by atoms with van der Waals surface area (Å²) in [5.74, 6) is 1.39. The number of para-hydroxylation sites is 1. The first kappa shape index (κ1) is 13.3. The van der Waals surface area contributed by atoms with Gasteiger partial charge in [0.05, 0.1) is 18.7 Å². The lowest BCUT2D eigenvalue weighted by Crippen LogP contribution is -2.02. The van der Waals surface area contributed by atoms with Gasteiger partial charge in [-0.3, -0.25) is 0 Å². The van der Waals surface area contributed by atoms with Gasteiger partial charge >= 0.3 is 0 Å². The summed E-state index contributed by atoms with van der Waals surface area (Å²) in [6.07, 6.45) is 0.130. The number of methoxy groups -OCH3 is 1. The van der Waals surface area contributed by atoms with Gasteiger partial charge in [0.25, 0.3) is 0 Å². The van der Waals surface area contributed by atoms with E-state index in [2.05, 4.69) is 0 Å². The summed E-state index contributed by atoms with van der Waals surface area (Å²) in [5, 5.41) is 11.0. The maximum absolute atomic E-state index is 10.6. The number of benzene rings is 2. The molecule has 0 fully saturated rings. The predicted molar refractivity (Wildman–Crippen MR) is 77.7 cm³/mol. The number of fused-ring (bicyclic) bond motifs is 1. The molecule has 1 atom stereocenters. The van der Waals surface area contributed by atoms with E-state index in [1.165, 1.54) is 0 Å². The Labute approximate surface area is 122 Å². The van der Waals surface area contributed by atoms with Crippen LogP contribution in [0.4, 0.5) is 0 Å². The van der Waals surface area contributed by atoms with E-state index < -0.39 is 6.10 Å². The average Bonchev–Trinajstić information content (AvgIpc) is 2.94. The van der Waals surface area contributed by atoms with Crippen LogP contribution in [0.15, 0.2) is 36.4 Å². The van der Waals surface area contributed by atoms with Crippen molar-refractivity contribution in [3.8, 4) is 11.5 Å². The lowest BCUT2D eigenvalue weighted by atomic mass is 9.98. The molecular formula is C16H15ClO3. The predicted octanol–water partition coefficient (Wildman–Crippen LogP) is 3.37. The van der Waals surface area contributed by atoms with Crippen molar-refractivity contribution in [3.63, 3.8) is 0 Å². The summed E-state index contributed by atoms with van der Waals surface area (Å²) in [6.45, 7) is 0.669. The van der Waals surface area contributed by atoms with Crippen molar-refractivity contribution < 1.29 is 14.6 Å². The van der Waals surface area contributed by atoms with Gasteiger partial charge in [-0.15, -0.1) is 0 Å². The van der Waals surface area contributed by atoms with Crippen molar-refractivity contribution in [3.05, 3.63) is 58.1 Å². The zero-order chi connectivity index (χ0) is 14.1. The van der Waals surface area contributed by atoms with Crippen molar-refractivity contribution in [2.75, 3.05) is 13.7 Å². The van der Waals surface area contributed by atoms with E-state index in [0.29, 0.717) is 17.4 Å². The fourth-order valence-corrected chi connectivity index (χ4v) is 2.75. The van der Waals surface area contributed by atoms with Crippen LogP contribution in [0, 0.1) is 0 Å². The molecule has 3 rings (SSSR count). The number of aliphatic hydroxyl groups excluding tert-OH is 1. The molecule has 2 aromatic rings. The van der Waals surface area contributed by atoms with E-state index in [-0.39, 0.29) is 0 Å². The highest BCUT2D eigenvalue weighted by molar-refractivity contribution is 6.32. The third-order valence-corrected chi connectivity index (χ3v) is 3.83. The molecule has 20 heavy (non-hydrogen) atoms. The third kappa shape index (κ3) is 2.23. The molecule has 2 aromatic carbocycles. The summed E-state index contributed by atoms with van der Waals surface area (Å²) in [5.41, 5.74) is 2.64. The Hall–Kier alpha value is -1.71. The van der Waals surface area contributed by atoms with Gasteiger partial charge in [-0.1, -0.05) is 35.9 Å². The van der Waals surface area contributed by atoms with Crippen molar-refractivity contribution in [2.45, 2.75) is 12.5 Å². The number of halogens is 1. The second-order valence-corrected chi connectivity index (χ2v) is 5.14. The number of ether oxygens (including phenoxy) is 2. The van der Waals surface area contributed by atoms with Gasteiger partial charge in [-0.25, -0.2) is 0 Å². The molecule has 1 heterocycles. The molecule has 0 bridgehead atoms. The van der Waals surface area contributed by atoms with E-state index in [4.69, 9.17) is 21.1 Å². The van der Waals surface area contributed by atoms with Gasteiger partial charge in [0.1, 0.15) is 17.6 Å². The van der Waals surface area contributed by atoms with Crippen LogP contribution < -0.4 is 9.47 Å². The van der Waals surface area contributed by atoms with Crippen LogP contribution in [0.5, 0.6) is 11.5 Å². The van der Waals surface area contributed by atoms with Crippen LogP contribution in [0.25, 0.3) is 0 Å². The van der Waals surface area contributed by atoms with Crippen molar-refractivity contribution in [1.82, 2.24) is 0 Å². The second-order valence-electron chi connectivity index (χ2n) is 4.73. The van der Waals surface area contributed by atoms with Gasteiger partial charge in [0.2, 0.25) is 0 Å². The molecule has 0 aromatic heterocycles. The molecule has 1 N–H and O–H groups in total. The lowest BCUT2D eigenvalue weighted by molar-refractivity contribution is 0.213. The summed E-state index contributed by atoms with van der Waals surface area (Å²) in [6, 6.07) is 11.1. The Bertz CT molecular complexity index is 640. The van der Waals surface area contributed by atoms with E-state index in [1.807, 2.05) is 24.3 Å². The molecule has 104 valence electrons. The summed E-state index contributed by atoms with van der Waals surface area (Å²) >= 11 is 6.11. The van der Waals surface area contributed by atoms with Gasteiger partial charge < -0.3 is 14.6 Å². The Morgan fingerprint density at radius 1 is 1.30 bits per heavy atom. The summed E-state index contributed by atoms with van der Waals surface area (Å²) in [4.78, 5) is 0. The quantitative estimate of drug-likeness (QED) is 0.942. The largest absolute Gasteiger partial charge is 0.495 e. The minimum Gasteiger partial charge on any atom is -0.495 e. The fraction of sp³-hybridized carbons (Fsp3) is 0.250. The molecular weight excluding hydrogens is 276 g/mol. The monoisotopic (exact) mass is 290 g/mol. The van der Waals surface area contributed by atoms with Crippen LogP contribution in [0.3, 0.4) is 0 Å². The third-order valence-electron chi connectivity index (χ3n) is 3.53. The lowest BCUT2D eigenvalue weighted by Gasteiger charge is -2.16. The minimum absolute atomic E-state index is 0.484. The van der Waals surface area contributed by atoms with Crippen LogP contribution in [-0.4, -0.2) is 18.8 Å². The second kappa shape index (κ2) is 5.35. The topological polar surface area (TPSA) is 38.7 Å². The highest BCUT2D eigenvalue weighted by Gasteiger charge is 2.22. The molecule has 3 nitrogen and oxygen atoms in total. The van der Waals surface area contributed by atoms with Crippen LogP contribution in [0.2, 0.25) is 5.02 Å². The number of hydrogen-bond donors (Lipinski definition) is 1. The molecule has 0 amide bonds. The van der Waals surface area contributed by atoms with E-state index in [1.54, 1.807) is 19.2 Å². The Morgan fingerprint density at radius 2 is 2.15 bits per heavy atom. The van der Waals surface area contributed by atoms with Crippen LogP contribution in [-0.2, 0) is 6.42 Å². The van der Waals surface area contributed by atoms with E-state index in [9.17, 15) is 5.11 Å². The molecule has 1 aliphatic rings. The van der Waals surface area contributed by atoms with Crippen molar-refractivity contribution in [2.24, 2.45) is 0 Å². The molecule has 0 saturated heterocycles. The molecule has 0 spiro atoms. The molecule has 0 aliphatic carbocycles. The van der Waals surface area contributed by atoms with E-state index in [0.717, 1.165) is 28.9 Å². The number of aliphatic hydroxyl groups is 1. The Balaban J connectivity index is 1.99. The highest BCUT2D eigenvalue weighted by Crippen LogP contribution is 2.37. The Kier molecular flexibility index (Phi) is 3.55. The molecule has 0 saturated carbocycles. The summed E-state index contributed by atoms with van der Waals surface area (Å²) in [7, 11) is 1.56. The van der Waals surface area contributed by atoms with Crippen molar-refractivity contribution in [1.29, 1.82) is 0 Å². The normalized spacial score (nSPS) is 14.6. The maximum atomic E-state index is 10.6. The van der Waals surface area contributed by atoms with Gasteiger partial charge in [-0.05, 0) is 23.3 Å². The zero-order valence-electron chi connectivity index (χ0n) is 11.1. The molecule has 1 unspecified atom stereocenters. The first-order valence-electron chi connectivity index (χ1n) is 6.47. The summed E-state index contributed by atoms with van der Waals surface area (Å²) < 4.78 is 10.8. The van der Waals surface area contributed by atoms with E-state index >= 15 is 0 Å². The smallest absolute Gasteiger partial charge is 0.137 e. The number of hydrogen-bond acceptors (Lipinski definition) is 3. The Morgan fingerprint density at radius 3 is 2.90 bits per heavy atom. The van der Waals surface area contributed by atoms with Gasteiger partial charge in [-0.2, -0.15) is 0 Å². The molecule has 0 radical (unpaired) electrons. The van der Waals surface area contributed by atoms with Crippen LogP contribution in [0.1, 0.15) is 22.8 Å². The van der Waals surface area contributed by atoms with Crippen LogP contribution >= 0.6 is 11.6 Å². The fourth-order valence-electron chi connectivity index (χ4n) is 2.49. The van der Waals surface area contributed by atoms with Crippen molar-refractivity contribution >= 4 is 11.6 Å².